The highest BCUT2D eigenvalue weighted by Gasteiger charge is 2.32. The molecule has 0 bridgehead atoms. The van der Waals surface area contributed by atoms with E-state index in [-0.39, 0.29) is 10.8 Å². The fraction of sp³-hybridized carbons (Fsp3) is 0.250. The van der Waals surface area contributed by atoms with Crippen molar-refractivity contribution >= 4 is 46.4 Å². The van der Waals surface area contributed by atoms with E-state index in [0.717, 1.165) is 12.1 Å². The number of alkyl halides is 6. The van der Waals surface area contributed by atoms with Gasteiger partial charge in [0.05, 0.1) is 10.6 Å². The SMILES string of the molecule is FC(F)(F)c1ccc(Cl)c(OC(Cl)(Cl)Cl)c1. The van der Waals surface area contributed by atoms with Crippen molar-refractivity contribution in [1.82, 2.24) is 0 Å². The van der Waals surface area contributed by atoms with Crippen LogP contribution in [0.4, 0.5) is 13.2 Å². The molecule has 8 heteroatoms. The van der Waals surface area contributed by atoms with Crippen molar-refractivity contribution in [3.8, 4) is 5.75 Å². The summed E-state index contributed by atoms with van der Waals surface area (Å²) in [7, 11) is 0. The van der Waals surface area contributed by atoms with Crippen LogP contribution in [0.5, 0.6) is 5.75 Å². The Labute approximate surface area is 109 Å². The Kier molecular flexibility index (Phi) is 4.11. The van der Waals surface area contributed by atoms with Crippen LogP contribution in [0.15, 0.2) is 18.2 Å². The maximum Gasteiger partial charge on any atom is 0.416 e. The largest absolute Gasteiger partial charge is 0.444 e. The van der Waals surface area contributed by atoms with Crippen molar-refractivity contribution < 1.29 is 17.9 Å². The molecule has 0 atom stereocenters. The second kappa shape index (κ2) is 4.69. The van der Waals surface area contributed by atoms with Crippen molar-refractivity contribution in [3.63, 3.8) is 0 Å². The number of hydrogen-bond donors (Lipinski definition) is 0. The molecule has 16 heavy (non-hydrogen) atoms. The van der Waals surface area contributed by atoms with Gasteiger partial charge in [-0.3, -0.25) is 0 Å². The van der Waals surface area contributed by atoms with E-state index in [9.17, 15) is 13.2 Å². The maximum atomic E-state index is 12.3. The Morgan fingerprint density at radius 3 is 2.06 bits per heavy atom. The van der Waals surface area contributed by atoms with Crippen molar-refractivity contribution in [1.29, 1.82) is 0 Å². The third kappa shape index (κ3) is 4.09. The Bertz CT molecular complexity index is 386. The fourth-order valence-corrected chi connectivity index (χ4v) is 1.29. The summed E-state index contributed by atoms with van der Waals surface area (Å²) in [6.45, 7) is 0. The average molecular weight is 314 g/mol. The first-order valence-corrected chi connectivity index (χ1v) is 5.23. The average Bonchev–Trinajstić information content (AvgIpc) is 2.04. The summed E-state index contributed by atoms with van der Waals surface area (Å²) in [6.07, 6.45) is -4.52. The van der Waals surface area contributed by atoms with E-state index >= 15 is 0 Å². The number of hydrogen-bond acceptors (Lipinski definition) is 1. The Morgan fingerprint density at radius 1 is 1.06 bits per heavy atom. The van der Waals surface area contributed by atoms with Crippen LogP contribution in [0.1, 0.15) is 5.56 Å². The zero-order valence-electron chi connectivity index (χ0n) is 7.29. The van der Waals surface area contributed by atoms with Crippen molar-refractivity contribution in [2.45, 2.75) is 10.2 Å². The van der Waals surface area contributed by atoms with E-state index in [1.807, 2.05) is 0 Å². The molecule has 1 rings (SSSR count). The van der Waals surface area contributed by atoms with Crippen LogP contribution < -0.4 is 4.74 Å². The van der Waals surface area contributed by atoms with E-state index in [4.69, 9.17) is 46.4 Å². The lowest BCUT2D eigenvalue weighted by atomic mass is 10.2. The van der Waals surface area contributed by atoms with Gasteiger partial charge in [0, 0.05) is 0 Å². The quantitative estimate of drug-likeness (QED) is 0.658. The van der Waals surface area contributed by atoms with Gasteiger partial charge < -0.3 is 4.74 Å². The third-order valence-electron chi connectivity index (χ3n) is 1.48. The number of halogens is 7. The summed E-state index contributed by atoms with van der Waals surface area (Å²) >= 11 is 21.4. The second-order valence-corrected chi connectivity index (χ2v) is 5.28. The predicted octanol–water partition coefficient (Wildman–Crippen LogP) is 5.07. The monoisotopic (exact) mass is 312 g/mol. The van der Waals surface area contributed by atoms with E-state index in [1.165, 1.54) is 0 Å². The number of ether oxygens (including phenoxy) is 1. The summed E-state index contributed by atoms with van der Waals surface area (Å²) < 4.78 is 39.5. The standard InChI is InChI=1S/C8H3Cl4F3O/c9-5-2-1-4(7(13,14)15)3-6(5)16-8(10,11)12/h1-3H. The zero-order valence-corrected chi connectivity index (χ0v) is 10.3. The van der Waals surface area contributed by atoms with Crippen molar-refractivity contribution in [3.05, 3.63) is 28.8 Å². The van der Waals surface area contributed by atoms with Gasteiger partial charge in [0.2, 0.25) is 0 Å². The molecule has 0 aliphatic carbocycles. The molecule has 0 aromatic heterocycles. The summed E-state index contributed by atoms with van der Waals surface area (Å²) in [4.78, 5) is 0. The lowest BCUT2D eigenvalue weighted by Gasteiger charge is -2.16. The first kappa shape index (κ1) is 14.0. The lowest BCUT2D eigenvalue weighted by Crippen LogP contribution is -2.14. The molecule has 0 N–H and O–H groups in total. The molecule has 90 valence electrons. The minimum atomic E-state index is -4.52. The molecule has 0 unspecified atom stereocenters. The fourth-order valence-electron chi connectivity index (χ4n) is 0.883. The van der Waals surface area contributed by atoms with E-state index in [1.54, 1.807) is 0 Å². The molecule has 0 aliphatic rings. The minimum absolute atomic E-state index is 0.0840. The Hall–Kier alpha value is -0.0300. The highest BCUT2D eigenvalue weighted by molar-refractivity contribution is 6.66. The highest BCUT2D eigenvalue weighted by atomic mass is 35.6. The van der Waals surface area contributed by atoms with Gasteiger partial charge in [-0.15, -0.1) is 0 Å². The molecule has 0 saturated heterocycles. The molecule has 0 amide bonds. The summed E-state index contributed by atoms with van der Waals surface area (Å²) in [5.74, 6) is -0.350. The lowest BCUT2D eigenvalue weighted by molar-refractivity contribution is -0.137. The molecular weight excluding hydrogens is 311 g/mol. The topological polar surface area (TPSA) is 9.23 Å². The van der Waals surface area contributed by atoms with Gasteiger partial charge in [0.15, 0.2) is 0 Å². The van der Waals surface area contributed by atoms with Crippen LogP contribution in [0.25, 0.3) is 0 Å². The first-order chi connectivity index (χ1) is 7.09. The van der Waals surface area contributed by atoms with Crippen LogP contribution in [0, 0.1) is 0 Å². The summed E-state index contributed by atoms with van der Waals surface area (Å²) in [6, 6.07) is 2.47. The Morgan fingerprint density at radius 2 is 1.62 bits per heavy atom. The summed E-state index contributed by atoms with van der Waals surface area (Å²) in [5.41, 5.74) is -0.943. The van der Waals surface area contributed by atoms with Crippen LogP contribution in [-0.2, 0) is 6.18 Å². The molecular formula is C8H3Cl4F3O. The number of rotatable bonds is 1. The number of benzene rings is 1. The van der Waals surface area contributed by atoms with Crippen LogP contribution in [-0.4, -0.2) is 3.98 Å². The zero-order chi connectivity index (χ0) is 12.6. The van der Waals surface area contributed by atoms with E-state index in [0.29, 0.717) is 6.07 Å². The molecule has 0 heterocycles. The van der Waals surface area contributed by atoms with Crippen LogP contribution >= 0.6 is 46.4 Å². The van der Waals surface area contributed by atoms with Gasteiger partial charge >= 0.3 is 10.2 Å². The normalized spacial score (nSPS) is 12.7. The highest BCUT2D eigenvalue weighted by Crippen LogP contribution is 2.38. The molecule has 0 fully saturated rings. The van der Waals surface area contributed by atoms with Gasteiger partial charge in [-0.05, 0) is 53.0 Å². The minimum Gasteiger partial charge on any atom is -0.444 e. The molecule has 0 saturated carbocycles. The van der Waals surface area contributed by atoms with Crippen LogP contribution in [0.2, 0.25) is 5.02 Å². The van der Waals surface area contributed by atoms with Gasteiger partial charge in [-0.1, -0.05) is 11.6 Å². The van der Waals surface area contributed by atoms with Gasteiger partial charge in [-0.25, -0.2) is 0 Å². The maximum absolute atomic E-state index is 12.3. The Balaban J connectivity index is 3.10. The second-order valence-electron chi connectivity index (χ2n) is 2.69. The van der Waals surface area contributed by atoms with Gasteiger partial charge in [0.1, 0.15) is 5.75 Å². The molecule has 0 radical (unpaired) electrons. The van der Waals surface area contributed by atoms with Gasteiger partial charge in [0.25, 0.3) is 0 Å². The first-order valence-electron chi connectivity index (χ1n) is 3.72. The molecule has 1 aromatic rings. The molecule has 0 spiro atoms. The van der Waals surface area contributed by atoms with E-state index < -0.39 is 15.7 Å². The summed E-state index contributed by atoms with van der Waals surface area (Å²) in [5, 5.41) is -0.0840. The van der Waals surface area contributed by atoms with Crippen molar-refractivity contribution in [2.24, 2.45) is 0 Å². The predicted molar refractivity (Wildman–Crippen MR) is 57.4 cm³/mol. The van der Waals surface area contributed by atoms with Crippen LogP contribution in [0.3, 0.4) is 0 Å². The van der Waals surface area contributed by atoms with E-state index in [2.05, 4.69) is 4.74 Å². The smallest absolute Gasteiger partial charge is 0.416 e. The molecule has 1 aromatic carbocycles. The molecule has 0 aliphatic heterocycles. The van der Waals surface area contributed by atoms with Gasteiger partial charge in [-0.2, -0.15) is 13.2 Å². The molecule has 1 nitrogen and oxygen atoms in total. The third-order valence-corrected chi connectivity index (χ3v) is 2.03. The van der Waals surface area contributed by atoms with Crippen molar-refractivity contribution in [2.75, 3.05) is 0 Å².